The SMILES string of the molecule is CCC(C)(C)C(=O)C(C)(C)OCCC(C)(C)OC. The first-order valence-electron chi connectivity index (χ1n) is 6.72. The van der Waals surface area contributed by atoms with Crippen molar-refractivity contribution in [2.75, 3.05) is 13.7 Å². The van der Waals surface area contributed by atoms with Gasteiger partial charge in [0.25, 0.3) is 0 Å². The van der Waals surface area contributed by atoms with E-state index in [9.17, 15) is 4.79 Å². The van der Waals surface area contributed by atoms with Crippen LogP contribution in [0.3, 0.4) is 0 Å². The van der Waals surface area contributed by atoms with E-state index in [1.54, 1.807) is 7.11 Å². The summed E-state index contributed by atoms with van der Waals surface area (Å²) in [6.07, 6.45) is 1.59. The van der Waals surface area contributed by atoms with Gasteiger partial charge in [-0.3, -0.25) is 4.79 Å². The van der Waals surface area contributed by atoms with Gasteiger partial charge < -0.3 is 9.47 Å². The molecule has 0 unspecified atom stereocenters. The fourth-order valence-electron chi connectivity index (χ4n) is 1.70. The number of hydrogen-bond donors (Lipinski definition) is 0. The van der Waals surface area contributed by atoms with Crippen LogP contribution in [0.2, 0.25) is 0 Å². The second-order valence-corrected chi connectivity index (χ2v) is 6.64. The summed E-state index contributed by atoms with van der Waals surface area (Å²) in [5, 5.41) is 0. The Hall–Kier alpha value is -0.410. The molecule has 0 aromatic rings. The van der Waals surface area contributed by atoms with E-state index in [2.05, 4.69) is 0 Å². The van der Waals surface area contributed by atoms with E-state index in [-0.39, 0.29) is 16.8 Å². The first-order valence-corrected chi connectivity index (χ1v) is 6.72. The largest absolute Gasteiger partial charge is 0.379 e. The molecule has 0 heterocycles. The number of Topliss-reactive ketones (excluding diaryl/α,β-unsaturated/α-hetero) is 1. The number of carbonyl (C=O) groups is 1. The average Bonchev–Trinajstić information content (AvgIpc) is 2.27. The quantitative estimate of drug-likeness (QED) is 0.667. The zero-order chi connectivity index (χ0) is 14.6. The van der Waals surface area contributed by atoms with Crippen molar-refractivity contribution in [1.82, 2.24) is 0 Å². The summed E-state index contributed by atoms with van der Waals surface area (Å²) < 4.78 is 11.1. The number of methoxy groups -OCH3 is 1. The number of rotatable bonds is 8. The maximum atomic E-state index is 12.4. The average molecular weight is 258 g/mol. The maximum absolute atomic E-state index is 12.4. The predicted octanol–water partition coefficient (Wildman–Crippen LogP) is 3.60. The van der Waals surface area contributed by atoms with Crippen LogP contribution >= 0.6 is 0 Å². The van der Waals surface area contributed by atoms with Gasteiger partial charge in [-0.05, 0) is 40.5 Å². The highest BCUT2D eigenvalue weighted by atomic mass is 16.5. The zero-order valence-electron chi connectivity index (χ0n) is 13.3. The Labute approximate surface area is 112 Å². The first-order chi connectivity index (χ1) is 7.98. The molecule has 0 aromatic heterocycles. The third-order valence-corrected chi connectivity index (χ3v) is 3.77. The van der Waals surface area contributed by atoms with Crippen molar-refractivity contribution in [2.45, 2.75) is 72.5 Å². The van der Waals surface area contributed by atoms with Crippen LogP contribution in [0, 0.1) is 5.41 Å². The Balaban J connectivity index is 4.45. The third kappa shape index (κ3) is 5.07. The molecular weight excluding hydrogens is 228 g/mol. The van der Waals surface area contributed by atoms with Crippen molar-refractivity contribution in [1.29, 1.82) is 0 Å². The molecule has 0 atom stereocenters. The van der Waals surface area contributed by atoms with Crippen molar-refractivity contribution in [3.8, 4) is 0 Å². The molecule has 0 aromatic carbocycles. The van der Waals surface area contributed by atoms with Gasteiger partial charge in [0.1, 0.15) is 5.60 Å². The fourth-order valence-corrected chi connectivity index (χ4v) is 1.70. The highest BCUT2D eigenvalue weighted by Gasteiger charge is 2.38. The minimum Gasteiger partial charge on any atom is -0.379 e. The summed E-state index contributed by atoms with van der Waals surface area (Å²) in [7, 11) is 1.69. The van der Waals surface area contributed by atoms with E-state index in [1.807, 2.05) is 48.5 Å². The van der Waals surface area contributed by atoms with Crippen molar-refractivity contribution in [3.05, 3.63) is 0 Å². The molecule has 0 rings (SSSR count). The highest BCUT2D eigenvalue weighted by Crippen LogP contribution is 2.29. The van der Waals surface area contributed by atoms with Crippen molar-refractivity contribution in [2.24, 2.45) is 5.41 Å². The summed E-state index contributed by atoms with van der Waals surface area (Å²) in [5.74, 6) is 0.160. The van der Waals surface area contributed by atoms with Gasteiger partial charge in [-0.15, -0.1) is 0 Å². The standard InChI is InChI=1S/C15H30O3/c1-9-13(2,3)12(16)15(6,7)18-11-10-14(4,5)17-8/h9-11H2,1-8H3. The third-order valence-electron chi connectivity index (χ3n) is 3.77. The molecule has 0 aliphatic heterocycles. The Bertz CT molecular complexity index is 277. The molecule has 108 valence electrons. The molecule has 18 heavy (non-hydrogen) atoms. The first kappa shape index (κ1) is 17.6. The summed E-state index contributed by atoms with van der Waals surface area (Å²) in [6, 6.07) is 0. The molecule has 3 heteroatoms. The monoisotopic (exact) mass is 258 g/mol. The molecular formula is C15H30O3. The maximum Gasteiger partial charge on any atom is 0.169 e. The van der Waals surface area contributed by atoms with Gasteiger partial charge in [0.15, 0.2) is 5.78 Å². The molecule has 0 amide bonds. The van der Waals surface area contributed by atoms with Gasteiger partial charge in [0.05, 0.1) is 12.2 Å². The van der Waals surface area contributed by atoms with Crippen molar-refractivity contribution < 1.29 is 14.3 Å². The second-order valence-electron chi connectivity index (χ2n) is 6.64. The number of carbonyl (C=O) groups excluding carboxylic acids is 1. The van der Waals surface area contributed by atoms with Gasteiger partial charge in [-0.2, -0.15) is 0 Å². The Kier molecular flexibility index (Phi) is 6.02. The van der Waals surface area contributed by atoms with Gasteiger partial charge in [0.2, 0.25) is 0 Å². The van der Waals surface area contributed by atoms with Gasteiger partial charge >= 0.3 is 0 Å². The van der Waals surface area contributed by atoms with E-state index >= 15 is 0 Å². The van der Waals surface area contributed by atoms with Crippen LogP contribution in [0.1, 0.15) is 61.3 Å². The van der Waals surface area contributed by atoms with Crippen LogP contribution in [0.5, 0.6) is 0 Å². The fraction of sp³-hybridized carbons (Fsp3) is 0.933. The smallest absolute Gasteiger partial charge is 0.169 e. The van der Waals surface area contributed by atoms with E-state index in [4.69, 9.17) is 9.47 Å². The van der Waals surface area contributed by atoms with Crippen LogP contribution in [0.25, 0.3) is 0 Å². The van der Waals surface area contributed by atoms with Crippen LogP contribution in [0.4, 0.5) is 0 Å². The van der Waals surface area contributed by atoms with E-state index in [1.165, 1.54) is 0 Å². The molecule has 0 aliphatic carbocycles. The zero-order valence-corrected chi connectivity index (χ0v) is 13.3. The van der Waals surface area contributed by atoms with Crippen LogP contribution in [0.15, 0.2) is 0 Å². The summed E-state index contributed by atoms with van der Waals surface area (Å²) in [6.45, 7) is 14.2. The molecule has 3 nitrogen and oxygen atoms in total. The lowest BCUT2D eigenvalue weighted by Crippen LogP contribution is -2.44. The molecule has 0 bridgehead atoms. The predicted molar refractivity (Wildman–Crippen MR) is 74.8 cm³/mol. The topological polar surface area (TPSA) is 35.5 Å². The number of hydrogen-bond acceptors (Lipinski definition) is 3. The van der Waals surface area contributed by atoms with E-state index < -0.39 is 5.60 Å². The summed E-state index contributed by atoms with van der Waals surface area (Å²) in [4.78, 5) is 12.4. The Morgan fingerprint density at radius 2 is 1.56 bits per heavy atom. The summed E-state index contributed by atoms with van der Waals surface area (Å²) in [5.41, 5.74) is -1.27. The minimum absolute atomic E-state index is 0.160. The minimum atomic E-state index is -0.733. The summed E-state index contributed by atoms with van der Waals surface area (Å²) >= 11 is 0. The normalized spacial score (nSPS) is 13.8. The molecule has 0 N–H and O–H groups in total. The van der Waals surface area contributed by atoms with E-state index in [0.717, 1.165) is 12.8 Å². The molecule has 0 saturated carbocycles. The van der Waals surface area contributed by atoms with E-state index in [0.29, 0.717) is 6.61 Å². The Morgan fingerprint density at radius 3 is 1.94 bits per heavy atom. The van der Waals surface area contributed by atoms with Crippen molar-refractivity contribution in [3.63, 3.8) is 0 Å². The lowest BCUT2D eigenvalue weighted by molar-refractivity contribution is -0.151. The van der Waals surface area contributed by atoms with Gasteiger partial charge in [-0.1, -0.05) is 20.8 Å². The highest BCUT2D eigenvalue weighted by molar-refractivity contribution is 5.91. The molecule has 0 aliphatic rings. The van der Waals surface area contributed by atoms with Crippen molar-refractivity contribution >= 4 is 5.78 Å². The van der Waals surface area contributed by atoms with Crippen LogP contribution in [-0.4, -0.2) is 30.7 Å². The molecule has 0 spiro atoms. The van der Waals surface area contributed by atoms with Gasteiger partial charge in [-0.25, -0.2) is 0 Å². The molecule has 0 radical (unpaired) electrons. The van der Waals surface area contributed by atoms with Crippen LogP contribution in [-0.2, 0) is 14.3 Å². The Morgan fingerprint density at radius 1 is 1.06 bits per heavy atom. The lowest BCUT2D eigenvalue weighted by atomic mass is 9.78. The van der Waals surface area contributed by atoms with Crippen LogP contribution < -0.4 is 0 Å². The lowest BCUT2D eigenvalue weighted by Gasteiger charge is -2.33. The number of ketones is 1. The molecule has 0 fully saturated rings. The number of ether oxygens (including phenoxy) is 2. The second kappa shape index (κ2) is 6.16. The molecule has 0 saturated heterocycles. The van der Waals surface area contributed by atoms with Gasteiger partial charge in [0, 0.05) is 12.5 Å².